The second-order valence-electron chi connectivity index (χ2n) is 4.41. The van der Waals surface area contributed by atoms with Crippen LogP contribution in [0.4, 0.5) is 0 Å². The van der Waals surface area contributed by atoms with Crippen molar-refractivity contribution in [2.45, 2.75) is 25.6 Å². The van der Waals surface area contributed by atoms with Gasteiger partial charge in [0.05, 0.1) is 31.3 Å². The number of rotatable bonds is 3. The highest BCUT2D eigenvalue weighted by Crippen LogP contribution is 2.14. The van der Waals surface area contributed by atoms with E-state index in [-0.39, 0.29) is 12.7 Å². The Hall–Kier alpha value is -0.910. The van der Waals surface area contributed by atoms with Crippen LogP contribution in [-0.2, 0) is 18.3 Å². The first-order valence-electron chi connectivity index (χ1n) is 5.62. The highest BCUT2D eigenvalue weighted by Gasteiger charge is 2.25. The monoisotopic (exact) mass is 225 g/mol. The molecule has 0 aromatic carbocycles. The van der Waals surface area contributed by atoms with Gasteiger partial charge < -0.3 is 14.4 Å². The summed E-state index contributed by atoms with van der Waals surface area (Å²) in [6.45, 7) is 4.56. The van der Waals surface area contributed by atoms with E-state index in [0.29, 0.717) is 12.6 Å². The van der Waals surface area contributed by atoms with Gasteiger partial charge in [-0.25, -0.2) is 4.98 Å². The molecule has 0 radical (unpaired) electrons. The van der Waals surface area contributed by atoms with E-state index in [4.69, 9.17) is 9.84 Å². The van der Waals surface area contributed by atoms with E-state index in [1.54, 1.807) is 0 Å². The van der Waals surface area contributed by atoms with E-state index < -0.39 is 0 Å². The van der Waals surface area contributed by atoms with Crippen LogP contribution in [-0.4, -0.2) is 51.5 Å². The number of ether oxygens (including phenoxy) is 1. The van der Waals surface area contributed by atoms with Gasteiger partial charge in [-0.3, -0.25) is 4.90 Å². The molecule has 1 aromatic heterocycles. The standard InChI is InChI=1S/C11H19N3O2/c1-9-7-16-11(6-15)5-14(9)4-10-3-12-8-13(10)2/h3,8-9,11,15H,4-7H2,1-2H3. The quantitative estimate of drug-likeness (QED) is 0.787. The number of hydrogen-bond acceptors (Lipinski definition) is 4. The molecule has 2 unspecified atom stereocenters. The summed E-state index contributed by atoms with van der Waals surface area (Å²) >= 11 is 0. The zero-order chi connectivity index (χ0) is 11.5. The number of nitrogens with zero attached hydrogens (tertiary/aromatic N) is 3. The second-order valence-corrected chi connectivity index (χ2v) is 4.41. The lowest BCUT2D eigenvalue weighted by molar-refractivity contribution is -0.0810. The number of hydrogen-bond donors (Lipinski definition) is 1. The van der Waals surface area contributed by atoms with Gasteiger partial charge in [-0.2, -0.15) is 0 Å². The SMILES string of the molecule is CC1COC(CO)CN1Cc1cncn1C. The summed E-state index contributed by atoms with van der Waals surface area (Å²) in [5, 5.41) is 9.11. The van der Waals surface area contributed by atoms with E-state index in [0.717, 1.165) is 13.1 Å². The van der Waals surface area contributed by atoms with Gasteiger partial charge in [0.2, 0.25) is 0 Å². The topological polar surface area (TPSA) is 50.5 Å². The van der Waals surface area contributed by atoms with E-state index in [9.17, 15) is 0 Å². The fraction of sp³-hybridized carbons (Fsp3) is 0.727. The first-order valence-corrected chi connectivity index (χ1v) is 5.62. The number of aromatic nitrogens is 2. The average molecular weight is 225 g/mol. The summed E-state index contributed by atoms with van der Waals surface area (Å²) in [7, 11) is 2.00. The van der Waals surface area contributed by atoms with Crippen molar-refractivity contribution in [1.82, 2.24) is 14.5 Å². The Bertz CT molecular complexity index is 340. The van der Waals surface area contributed by atoms with Gasteiger partial charge in [-0.1, -0.05) is 0 Å². The van der Waals surface area contributed by atoms with E-state index in [1.807, 2.05) is 24.1 Å². The fourth-order valence-electron chi connectivity index (χ4n) is 1.95. The van der Waals surface area contributed by atoms with E-state index in [2.05, 4.69) is 16.8 Å². The number of imidazole rings is 1. The van der Waals surface area contributed by atoms with Crippen LogP contribution in [0.5, 0.6) is 0 Å². The molecule has 0 saturated carbocycles. The van der Waals surface area contributed by atoms with Crippen molar-refractivity contribution in [2.24, 2.45) is 7.05 Å². The van der Waals surface area contributed by atoms with Gasteiger partial charge in [-0.15, -0.1) is 0 Å². The van der Waals surface area contributed by atoms with Crippen LogP contribution in [0.1, 0.15) is 12.6 Å². The smallest absolute Gasteiger partial charge is 0.0945 e. The van der Waals surface area contributed by atoms with Gasteiger partial charge in [-0.05, 0) is 6.92 Å². The van der Waals surface area contributed by atoms with Crippen LogP contribution in [0.25, 0.3) is 0 Å². The molecule has 1 aliphatic rings. The summed E-state index contributed by atoms with van der Waals surface area (Å²) in [5.41, 5.74) is 1.19. The maximum absolute atomic E-state index is 9.11. The van der Waals surface area contributed by atoms with Crippen molar-refractivity contribution in [1.29, 1.82) is 0 Å². The lowest BCUT2D eigenvalue weighted by Gasteiger charge is -2.37. The molecule has 16 heavy (non-hydrogen) atoms. The minimum Gasteiger partial charge on any atom is -0.394 e. The summed E-state index contributed by atoms with van der Waals surface area (Å²) in [6, 6.07) is 0.387. The minimum atomic E-state index is -0.0515. The predicted molar refractivity (Wildman–Crippen MR) is 59.9 cm³/mol. The molecule has 2 heterocycles. The average Bonchev–Trinajstić information content (AvgIpc) is 2.68. The summed E-state index contributed by atoms with van der Waals surface area (Å²) in [6.07, 6.45) is 3.64. The second kappa shape index (κ2) is 4.95. The number of aliphatic hydroxyl groups excluding tert-OH is 1. The third-order valence-corrected chi connectivity index (χ3v) is 3.12. The van der Waals surface area contributed by atoms with Crippen molar-refractivity contribution in [3.05, 3.63) is 18.2 Å². The lowest BCUT2D eigenvalue weighted by atomic mass is 10.2. The van der Waals surface area contributed by atoms with Crippen molar-refractivity contribution >= 4 is 0 Å². The lowest BCUT2D eigenvalue weighted by Crippen LogP contribution is -2.49. The molecule has 0 aliphatic carbocycles. The molecule has 5 heteroatoms. The molecule has 1 fully saturated rings. The van der Waals surface area contributed by atoms with Gasteiger partial charge >= 0.3 is 0 Å². The van der Waals surface area contributed by atoms with Crippen LogP contribution < -0.4 is 0 Å². The van der Waals surface area contributed by atoms with Crippen molar-refractivity contribution < 1.29 is 9.84 Å². The molecule has 90 valence electrons. The third kappa shape index (κ3) is 2.42. The third-order valence-electron chi connectivity index (χ3n) is 3.12. The predicted octanol–water partition coefficient (Wildman–Crippen LogP) is 0.00170. The first-order chi connectivity index (χ1) is 7.70. The zero-order valence-corrected chi connectivity index (χ0v) is 9.83. The maximum Gasteiger partial charge on any atom is 0.0945 e. The molecule has 1 aliphatic heterocycles. The summed E-state index contributed by atoms with van der Waals surface area (Å²) in [5.74, 6) is 0. The normalized spacial score (nSPS) is 27.2. The Labute approximate surface area is 95.7 Å². The molecule has 0 spiro atoms. The Morgan fingerprint density at radius 3 is 3.06 bits per heavy atom. The van der Waals surface area contributed by atoms with Crippen LogP contribution in [0.15, 0.2) is 12.5 Å². The zero-order valence-electron chi connectivity index (χ0n) is 9.83. The Kier molecular flexibility index (Phi) is 3.58. The van der Waals surface area contributed by atoms with E-state index >= 15 is 0 Å². The summed E-state index contributed by atoms with van der Waals surface area (Å²) < 4.78 is 7.53. The number of aliphatic hydroxyl groups is 1. The highest BCUT2D eigenvalue weighted by molar-refractivity contribution is 4.98. The largest absolute Gasteiger partial charge is 0.394 e. The van der Waals surface area contributed by atoms with Crippen LogP contribution in [0.3, 0.4) is 0 Å². The maximum atomic E-state index is 9.11. The molecule has 5 nitrogen and oxygen atoms in total. The van der Waals surface area contributed by atoms with Crippen LogP contribution in [0, 0.1) is 0 Å². The number of aryl methyl sites for hydroxylation is 1. The van der Waals surface area contributed by atoms with Crippen molar-refractivity contribution in [3.63, 3.8) is 0 Å². The van der Waals surface area contributed by atoms with Gasteiger partial charge in [0.15, 0.2) is 0 Å². The van der Waals surface area contributed by atoms with E-state index in [1.165, 1.54) is 5.69 Å². The van der Waals surface area contributed by atoms with Crippen LogP contribution in [0.2, 0.25) is 0 Å². The first kappa shape index (κ1) is 11.6. The highest BCUT2D eigenvalue weighted by atomic mass is 16.5. The molecule has 1 saturated heterocycles. The molecule has 1 aromatic rings. The minimum absolute atomic E-state index is 0.0515. The van der Waals surface area contributed by atoms with Crippen molar-refractivity contribution in [2.75, 3.05) is 19.8 Å². The molecular formula is C11H19N3O2. The molecule has 0 bridgehead atoms. The Morgan fingerprint density at radius 1 is 1.62 bits per heavy atom. The molecule has 2 atom stereocenters. The van der Waals surface area contributed by atoms with Crippen LogP contribution >= 0.6 is 0 Å². The van der Waals surface area contributed by atoms with Gasteiger partial charge in [0.1, 0.15) is 0 Å². The Morgan fingerprint density at radius 2 is 2.44 bits per heavy atom. The molecule has 2 rings (SSSR count). The fourth-order valence-corrected chi connectivity index (χ4v) is 1.95. The molecule has 0 amide bonds. The van der Waals surface area contributed by atoms with Gasteiger partial charge in [0, 0.05) is 32.4 Å². The Balaban J connectivity index is 1.99. The summed E-state index contributed by atoms with van der Waals surface area (Å²) in [4.78, 5) is 6.43. The van der Waals surface area contributed by atoms with Gasteiger partial charge in [0.25, 0.3) is 0 Å². The van der Waals surface area contributed by atoms with Crippen molar-refractivity contribution in [3.8, 4) is 0 Å². The molecular weight excluding hydrogens is 206 g/mol. The number of morpholine rings is 1. The molecule has 1 N–H and O–H groups in total.